The second-order valence-corrected chi connectivity index (χ2v) is 9.33. The molecule has 7 heteroatoms. The molecule has 1 heterocycles. The predicted molar refractivity (Wildman–Crippen MR) is 98.0 cm³/mol. The zero-order chi connectivity index (χ0) is 18.8. The fourth-order valence-electron chi connectivity index (χ4n) is 3.06. The lowest BCUT2D eigenvalue weighted by Gasteiger charge is -2.34. The zero-order valence-corrected chi connectivity index (χ0v) is 16.0. The molecule has 1 aliphatic heterocycles. The first-order valence-corrected chi connectivity index (χ1v) is 10.3. The Kier molecular flexibility index (Phi) is 5.56. The molecule has 1 saturated heterocycles. The number of amides is 2. The number of sulfone groups is 1. The van der Waals surface area contributed by atoms with Gasteiger partial charge in [-0.1, -0.05) is 12.1 Å². The Morgan fingerprint density at radius 1 is 1.32 bits per heavy atom. The Bertz CT molecular complexity index is 771. The van der Waals surface area contributed by atoms with Gasteiger partial charge in [0.15, 0.2) is 9.84 Å². The van der Waals surface area contributed by atoms with Gasteiger partial charge in [-0.25, -0.2) is 8.42 Å². The maximum atomic E-state index is 13.0. The highest BCUT2D eigenvalue weighted by Crippen LogP contribution is 2.26. The molecular weight excluding hydrogens is 340 g/mol. The van der Waals surface area contributed by atoms with Gasteiger partial charge >= 0.3 is 0 Å². The summed E-state index contributed by atoms with van der Waals surface area (Å²) in [6.45, 7) is 7.25. The molecule has 0 bridgehead atoms. The first-order chi connectivity index (χ1) is 11.6. The highest BCUT2D eigenvalue weighted by molar-refractivity contribution is 7.91. The molecule has 0 aromatic heterocycles. The Balaban J connectivity index is 2.15. The van der Waals surface area contributed by atoms with Crippen LogP contribution in [0, 0.1) is 12.3 Å². The van der Waals surface area contributed by atoms with Crippen LogP contribution in [0.4, 0.5) is 5.69 Å². The van der Waals surface area contributed by atoms with Crippen molar-refractivity contribution in [3.8, 4) is 0 Å². The van der Waals surface area contributed by atoms with Gasteiger partial charge in [-0.15, -0.1) is 0 Å². The number of benzene rings is 1. The lowest BCUT2D eigenvalue weighted by Crippen LogP contribution is -2.51. The summed E-state index contributed by atoms with van der Waals surface area (Å²) in [6.07, 6.45) is 0.428. The van der Waals surface area contributed by atoms with E-state index in [9.17, 15) is 18.0 Å². The molecule has 25 heavy (non-hydrogen) atoms. The Morgan fingerprint density at radius 3 is 2.52 bits per heavy atom. The second-order valence-electron chi connectivity index (χ2n) is 7.10. The van der Waals surface area contributed by atoms with E-state index < -0.39 is 21.2 Å². The summed E-state index contributed by atoms with van der Waals surface area (Å²) in [6, 6.07) is 7.01. The van der Waals surface area contributed by atoms with Crippen LogP contribution < -0.4 is 5.32 Å². The normalized spacial score (nSPS) is 19.4. The van der Waals surface area contributed by atoms with Crippen molar-refractivity contribution in [3.63, 3.8) is 0 Å². The maximum absolute atomic E-state index is 13.0. The van der Waals surface area contributed by atoms with Crippen LogP contribution in [-0.4, -0.2) is 49.2 Å². The lowest BCUT2D eigenvalue weighted by molar-refractivity contribution is -0.147. The van der Waals surface area contributed by atoms with Gasteiger partial charge < -0.3 is 10.2 Å². The summed E-state index contributed by atoms with van der Waals surface area (Å²) in [5.74, 6) is -0.677. The highest BCUT2D eigenvalue weighted by Gasteiger charge is 2.43. The van der Waals surface area contributed by atoms with Gasteiger partial charge in [-0.05, 0) is 51.8 Å². The van der Waals surface area contributed by atoms with Crippen molar-refractivity contribution in [3.05, 3.63) is 29.8 Å². The van der Waals surface area contributed by atoms with Crippen LogP contribution in [-0.2, 0) is 19.4 Å². The van der Waals surface area contributed by atoms with E-state index in [4.69, 9.17) is 0 Å². The number of aryl methyl sites for hydroxylation is 1. The molecule has 2 amide bonds. The van der Waals surface area contributed by atoms with E-state index in [1.807, 2.05) is 25.1 Å². The summed E-state index contributed by atoms with van der Waals surface area (Å²) in [5, 5.41) is 2.79. The number of nitrogens with zero attached hydrogens (tertiary/aromatic N) is 1. The van der Waals surface area contributed by atoms with Crippen LogP contribution in [0.25, 0.3) is 0 Å². The first kappa shape index (κ1) is 19.4. The van der Waals surface area contributed by atoms with E-state index in [2.05, 4.69) is 5.32 Å². The number of hydrogen-bond acceptors (Lipinski definition) is 4. The lowest BCUT2D eigenvalue weighted by atomic mass is 9.89. The van der Waals surface area contributed by atoms with E-state index in [-0.39, 0.29) is 23.5 Å². The van der Waals surface area contributed by atoms with Crippen LogP contribution in [0.3, 0.4) is 0 Å². The van der Waals surface area contributed by atoms with Gasteiger partial charge in [0, 0.05) is 18.3 Å². The number of carbonyl (C=O) groups excluding carboxylic acids is 2. The Morgan fingerprint density at radius 2 is 2.00 bits per heavy atom. The number of anilines is 1. The van der Waals surface area contributed by atoms with Crippen molar-refractivity contribution in [1.82, 2.24) is 4.90 Å². The van der Waals surface area contributed by atoms with Gasteiger partial charge in [0.25, 0.3) is 0 Å². The van der Waals surface area contributed by atoms with Gasteiger partial charge in [0.2, 0.25) is 11.8 Å². The largest absolute Gasteiger partial charge is 0.338 e. The second kappa shape index (κ2) is 7.15. The summed E-state index contributed by atoms with van der Waals surface area (Å²) in [7, 11) is -3.10. The van der Waals surface area contributed by atoms with E-state index in [0.717, 1.165) is 5.56 Å². The topological polar surface area (TPSA) is 83.6 Å². The molecule has 1 N–H and O–H groups in total. The number of rotatable bonds is 5. The molecule has 0 aliphatic carbocycles. The van der Waals surface area contributed by atoms with Crippen molar-refractivity contribution in [2.45, 2.75) is 40.2 Å². The minimum Gasteiger partial charge on any atom is -0.338 e. The number of carbonyl (C=O) groups is 2. The van der Waals surface area contributed by atoms with E-state index in [1.165, 1.54) is 4.90 Å². The smallest absolute Gasteiger partial charge is 0.239 e. The molecule has 1 aromatic rings. The van der Waals surface area contributed by atoms with Gasteiger partial charge in [0.05, 0.1) is 11.5 Å². The van der Waals surface area contributed by atoms with Gasteiger partial charge in [-0.3, -0.25) is 9.59 Å². The minimum absolute atomic E-state index is 0.0256. The molecule has 2 rings (SSSR count). The molecule has 6 nitrogen and oxygen atoms in total. The van der Waals surface area contributed by atoms with Crippen molar-refractivity contribution in [2.24, 2.45) is 5.41 Å². The molecule has 1 aliphatic rings. The molecule has 1 aromatic carbocycles. The fraction of sp³-hybridized carbons (Fsp3) is 0.556. The third kappa shape index (κ3) is 4.39. The third-order valence-corrected chi connectivity index (χ3v) is 6.38. The highest BCUT2D eigenvalue weighted by atomic mass is 32.2. The molecule has 1 atom stereocenters. The first-order valence-electron chi connectivity index (χ1n) is 8.46. The quantitative estimate of drug-likeness (QED) is 0.808. The van der Waals surface area contributed by atoms with E-state index in [0.29, 0.717) is 18.7 Å². The molecule has 0 spiro atoms. The minimum atomic E-state index is -3.10. The van der Waals surface area contributed by atoms with Crippen LogP contribution in [0.2, 0.25) is 0 Å². The average molecular weight is 366 g/mol. The Hall–Kier alpha value is -1.89. The molecule has 138 valence electrons. The standard InChI is InChI=1S/C18H26N2O4S/c1-5-20(15-9-10-25(23,24)12-15)17(22)18(3,4)16(21)19-14-8-6-7-13(2)11-14/h6-8,11,15H,5,9-10,12H2,1-4H3,(H,19,21). The zero-order valence-electron chi connectivity index (χ0n) is 15.2. The van der Waals surface area contributed by atoms with Crippen LogP contribution >= 0.6 is 0 Å². The van der Waals surface area contributed by atoms with Crippen molar-refractivity contribution >= 4 is 27.3 Å². The summed E-state index contributed by atoms with van der Waals surface area (Å²) < 4.78 is 23.4. The van der Waals surface area contributed by atoms with Crippen LogP contribution in [0.15, 0.2) is 24.3 Å². The molecular formula is C18H26N2O4S. The van der Waals surface area contributed by atoms with Crippen molar-refractivity contribution < 1.29 is 18.0 Å². The van der Waals surface area contributed by atoms with Crippen LogP contribution in [0.5, 0.6) is 0 Å². The SMILES string of the molecule is CCN(C(=O)C(C)(C)C(=O)Nc1cccc(C)c1)C1CCS(=O)(=O)C1. The van der Waals surface area contributed by atoms with Crippen molar-refractivity contribution in [1.29, 1.82) is 0 Å². The molecule has 0 radical (unpaired) electrons. The fourth-order valence-corrected chi connectivity index (χ4v) is 4.79. The maximum Gasteiger partial charge on any atom is 0.239 e. The monoisotopic (exact) mass is 366 g/mol. The average Bonchev–Trinajstić information content (AvgIpc) is 2.87. The van der Waals surface area contributed by atoms with E-state index >= 15 is 0 Å². The molecule has 1 fully saturated rings. The van der Waals surface area contributed by atoms with Gasteiger partial charge in [0.1, 0.15) is 5.41 Å². The summed E-state index contributed by atoms with van der Waals surface area (Å²) in [4.78, 5) is 27.2. The molecule has 1 unspecified atom stereocenters. The van der Waals surface area contributed by atoms with Gasteiger partial charge in [-0.2, -0.15) is 0 Å². The summed E-state index contributed by atoms with van der Waals surface area (Å²) >= 11 is 0. The number of hydrogen-bond donors (Lipinski definition) is 1. The van der Waals surface area contributed by atoms with Crippen molar-refractivity contribution in [2.75, 3.05) is 23.4 Å². The third-order valence-electron chi connectivity index (χ3n) is 4.63. The predicted octanol–water partition coefficient (Wildman–Crippen LogP) is 2.00. The molecule has 0 saturated carbocycles. The Labute approximate surface area is 149 Å². The number of nitrogens with one attached hydrogen (secondary N) is 1. The van der Waals surface area contributed by atoms with Crippen LogP contribution in [0.1, 0.15) is 32.8 Å². The summed E-state index contributed by atoms with van der Waals surface area (Å²) in [5.41, 5.74) is 0.359. The van der Waals surface area contributed by atoms with E-state index in [1.54, 1.807) is 26.8 Å².